The van der Waals surface area contributed by atoms with Crippen molar-refractivity contribution < 1.29 is 9.13 Å². The van der Waals surface area contributed by atoms with Gasteiger partial charge in [0.15, 0.2) is 11.6 Å². The van der Waals surface area contributed by atoms with Crippen molar-refractivity contribution in [1.29, 1.82) is 0 Å². The number of aromatic amines is 1. The Labute approximate surface area is 147 Å². The molecule has 3 aromatic rings. The van der Waals surface area contributed by atoms with Crippen molar-refractivity contribution in [3.63, 3.8) is 0 Å². The molecule has 25 heavy (non-hydrogen) atoms. The third-order valence-corrected chi connectivity index (χ3v) is 4.96. The number of ether oxygens (including phenoxy) is 1. The van der Waals surface area contributed by atoms with Crippen molar-refractivity contribution in [3.05, 3.63) is 65.6 Å². The van der Waals surface area contributed by atoms with Gasteiger partial charge in [-0.15, -0.1) is 0 Å². The van der Waals surface area contributed by atoms with Gasteiger partial charge in [-0.1, -0.05) is 30.3 Å². The smallest absolute Gasteiger partial charge is 0.174 e. The summed E-state index contributed by atoms with van der Waals surface area (Å²) < 4.78 is 20.7. The Balaban J connectivity index is 1.52. The number of hydrogen-bond acceptors (Lipinski definition) is 2. The van der Waals surface area contributed by atoms with E-state index in [1.54, 1.807) is 6.07 Å². The molecule has 1 aromatic heterocycles. The summed E-state index contributed by atoms with van der Waals surface area (Å²) in [6, 6.07) is 13.5. The van der Waals surface area contributed by atoms with Gasteiger partial charge < -0.3 is 14.6 Å². The van der Waals surface area contributed by atoms with Gasteiger partial charge in [-0.05, 0) is 55.6 Å². The van der Waals surface area contributed by atoms with Crippen LogP contribution in [0.25, 0.3) is 10.9 Å². The van der Waals surface area contributed by atoms with E-state index < -0.39 is 0 Å². The molecule has 2 heterocycles. The molecule has 0 radical (unpaired) electrons. The molecule has 1 aliphatic rings. The molecule has 0 spiro atoms. The fraction of sp³-hybridized carbons (Fsp3) is 0.333. The highest BCUT2D eigenvalue weighted by atomic mass is 19.1. The van der Waals surface area contributed by atoms with E-state index in [-0.39, 0.29) is 5.82 Å². The van der Waals surface area contributed by atoms with E-state index in [1.165, 1.54) is 12.8 Å². The molecule has 1 saturated heterocycles. The first-order chi connectivity index (χ1) is 12.3. The lowest BCUT2D eigenvalue weighted by Gasteiger charge is -2.14. The van der Waals surface area contributed by atoms with Crippen LogP contribution in [0.3, 0.4) is 0 Å². The van der Waals surface area contributed by atoms with Crippen LogP contribution in [0.4, 0.5) is 4.39 Å². The third-order valence-electron chi connectivity index (χ3n) is 4.96. The molecule has 4 heteroatoms. The summed E-state index contributed by atoms with van der Waals surface area (Å²) in [4.78, 5) is 5.64. The highest BCUT2D eigenvalue weighted by molar-refractivity contribution is 5.85. The summed E-state index contributed by atoms with van der Waals surface area (Å²) in [5, 5.41) is 0.671. The molecule has 0 aliphatic carbocycles. The molecule has 0 unspecified atom stereocenters. The Morgan fingerprint density at radius 2 is 1.84 bits per heavy atom. The number of likely N-dealkylation sites (tertiary alicyclic amines) is 1. The fourth-order valence-corrected chi connectivity index (χ4v) is 3.56. The van der Waals surface area contributed by atoms with Gasteiger partial charge in [-0.3, -0.25) is 0 Å². The molecule has 4 rings (SSSR count). The second kappa shape index (κ2) is 7.28. The number of nitrogens with one attached hydrogen (secondary N) is 1. The minimum atomic E-state index is -0.258. The van der Waals surface area contributed by atoms with Gasteiger partial charge in [0.2, 0.25) is 0 Å². The Morgan fingerprint density at radius 1 is 1.04 bits per heavy atom. The van der Waals surface area contributed by atoms with Crippen LogP contribution >= 0.6 is 0 Å². The number of nitrogens with zero attached hydrogens (tertiary/aromatic N) is 1. The van der Waals surface area contributed by atoms with Crippen molar-refractivity contribution in [2.24, 2.45) is 0 Å². The Kier molecular flexibility index (Phi) is 4.70. The number of benzene rings is 2. The van der Waals surface area contributed by atoms with Gasteiger partial charge >= 0.3 is 0 Å². The molecule has 0 bridgehead atoms. The third kappa shape index (κ3) is 3.54. The SMILES string of the molecule is Fc1c(OCc2ccccc2)ccc2[nH]cc(CCN3CCCC3)c12. The molecule has 0 atom stereocenters. The Hall–Kier alpha value is -2.33. The minimum absolute atomic E-state index is 0.258. The summed E-state index contributed by atoms with van der Waals surface area (Å²) >= 11 is 0. The van der Waals surface area contributed by atoms with E-state index in [9.17, 15) is 0 Å². The number of fused-ring (bicyclic) bond motifs is 1. The maximum atomic E-state index is 15.0. The summed E-state index contributed by atoms with van der Waals surface area (Å²) in [7, 11) is 0. The van der Waals surface area contributed by atoms with Crippen molar-refractivity contribution in [3.8, 4) is 5.75 Å². The molecule has 1 N–H and O–H groups in total. The molecule has 1 aliphatic heterocycles. The van der Waals surface area contributed by atoms with Crippen molar-refractivity contribution >= 4 is 10.9 Å². The van der Waals surface area contributed by atoms with E-state index in [0.717, 1.165) is 42.7 Å². The average Bonchev–Trinajstić information content (AvgIpc) is 3.30. The van der Waals surface area contributed by atoms with Gasteiger partial charge in [0, 0.05) is 23.6 Å². The average molecular weight is 338 g/mol. The highest BCUT2D eigenvalue weighted by Gasteiger charge is 2.16. The monoisotopic (exact) mass is 338 g/mol. The van der Waals surface area contributed by atoms with E-state index >= 15 is 4.39 Å². The molecular formula is C21H23FN2O. The first kappa shape index (κ1) is 16.2. The van der Waals surface area contributed by atoms with Gasteiger partial charge in [0.25, 0.3) is 0 Å². The summed E-state index contributed by atoms with van der Waals surface area (Å²) in [6.07, 6.45) is 5.35. The standard InChI is InChI=1S/C21H23FN2O/c22-21-19(25-15-16-6-2-1-3-7-16)9-8-18-20(21)17(14-23-18)10-13-24-11-4-5-12-24/h1-3,6-9,14,23H,4-5,10-13,15H2. The summed E-state index contributed by atoms with van der Waals surface area (Å²) in [5.41, 5.74) is 2.90. The molecule has 0 saturated carbocycles. The molecule has 1 fully saturated rings. The van der Waals surface area contributed by atoms with E-state index in [1.807, 2.05) is 42.6 Å². The van der Waals surface area contributed by atoms with Gasteiger partial charge in [-0.25, -0.2) is 4.39 Å². The lowest BCUT2D eigenvalue weighted by molar-refractivity contribution is 0.291. The normalized spacial score (nSPS) is 15.1. The van der Waals surface area contributed by atoms with Gasteiger partial charge in [0.05, 0.1) is 0 Å². The first-order valence-corrected chi connectivity index (χ1v) is 8.99. The van der Waals surface area contributed by atoms with Crippen LogP contribution in [-0.2, 0) is 13.0 Å². The zero-order chi connectivity index (χ0) is 17.1. The van der Waals surface area contributed by atoms with Crippen molar-refractivity contribution in [2.75, 3.05) is 19.6 Å². The topological polar surface area (TPSA) is 28.3 Å². The van der Waals surface area contributed by atoms with Crippen LogP contribution in [-0.4, -0.2) is 29.5 Å². The van der Waals surface area contributed by atoms with Crippen molar-refractivity contribution in [2.45, 2.75) is 25.9 Å². The number of hydrogen-bond donors (Lipinski definition) is 1. The first-order valence-electron chi connectivity index (χ1n) is 8.99. The number of aromatic nitrogens is 1. The summed E-state index contributed by atoms with van der Waals surface area (Å²) in [6.45, 7) is 3.69. The maximum absolute atomic E-state index is 15.0. The molecule has 3 nitrogen and oxygen atoms in total. The minimum Gasteiger partial charge on any atom is -0.486 e. The Bertz CT molecular complexity index is 838. The van der Waals surface area contributed by atoms with Gasteiger partial charge in [0.1, 0.15) is 6.61 Å². The molecule has 130 valence electrons. The lowest BCUT2D eigenvalue weighted by Crippen LogP contribution is -2.21. The van der Waals surface area contributed by atoms with E-state index in [4.69, 9.17) is 4.74 Å². The zero-order valence-corrected chi connectivity index (χ0v) is 14.3. The molecule has 0 amide bonds. The lowest BCUT2D eigenvalue weighted by atomic mass is 10.1. The fourth-order valence-electron chi connectivity index (χ4n) is 3.56. The predicted molar refractivity (Wildman–Crippen MR) is 98.4 cm³/mol. The van der Waals surface area contributed by atoms with Crippen LogP contribution < -0.4 is 4.74 Å². The number of H-pyrrole nitrogens is 1. The van der Waals surface area contributed by atoms with Crippen LogP contribution in [0.1, 0.15) is 24.0 Å². The van der Waals surface area contributed by atoms with Crippen LogP contribution in [0, 0.1) is 5.82 Å². The van der Waals surface area contributed by atoms with Crippen molar-refractivity contribution in [1.82, 2.24) is 9.88 Å². The second-order valence-electron chi connectivity index (χ2n) is 6.69. The Morgan fingerprint density at radius 3 is 2.64 bits per heavy atom. The number of halogens is 1. The quantitative estimate of drug-likeness (QED) is 0.715. The van der Waals surface area contributed by atoms with E-state index in [0.29, 0.717) is 17.7 Å². The maximum Gasteiger partial charge on any atom is 0.174 e. The zero-order valence-electron chi connectivity index (χ0n) is 14.3. The van der Waals surface area contributed by atoms with E-state index in [2.05, 4.69) is 9.88 Å². The van der Waals surface area contributed by atoms with Crippen LogP contribution in [0.5, 0.6) is 5.75 Å². The summed E-state index contributed by atoms with van der Waals surface area (Å²) in [5.74, 6) is 0.0597. The second-order valence-corrected chi connectivity index (χ2v) is 6.69. The van der Waals surface area contributed by atoms with Crippen LogP contribution in [0.2, 0.25) is 0 Å². The predicted octanol–water partition coefficient (Wildman–Crippen LogP) is 4.52. The van der Waals surface area contributed by atoms with Crippen LogP contribution in [0.15, 0.2) is 48.7 Å². The largest absolute Gasteiger partial charge is 0.486 e. The van der Waals surface area contributed by atoms with Gasteiger partial charge in [-0.2, -0.15) is 0 Å². The number of rotatable bonds is 6. The molecule has 2 aromatic carbocycles. The highest BCUT2D eigenvalue weighted by Crippen LogP contribution is 2.30. The molecular weight excluding hydrogens is 315 g/mol.